The number of hydrogen-bond acceptors (Lipinski definition) is 4. The summed E-state index contributed by atoms with van der Waals surface area (Å²) in [5.41, 5.74) is 0.528. The molecule has 0 fully saturated rings. The van der Waals surface area contributed by atoms with Gasteiger partial charge in [-0.2, -0.15) is 12.7 Å². The van der Waals surface area contributed by atoms with Gasteiger partial charge in [-0.25, -0.2) is 4.98 Å². The van der Waals surface area contributed by atoms with Crippen LogP contribution in [0.25, 0.3) is 0 Å². The summed E-state index contributed by atoms with van der Waals surface area (Å²) < 4.78 is 26.0. The maximum absolute atomic E-state index is 11.8. The minimum Gasteiger partial charge on any atom is -0.370 e. The van der Waals surface area contributed by atoms with Crippen LogP contribution in [0.1, 0.15) is 6.92 Å². The fourth-order valence-corrected chi connectivity index (χ4v) is 2.10. The lowest BCUT2D eigenvalue weighted by molar-refractivity contribution is 0.519. The first kappa shape index (κ1) is 13.7. The molecular formula is C10H18N4O2S. The van der Waals surface area contributed by atoms with Crippen LogP contribution in [0, 0.1) is 0 Å². The molecule has 0 atom stereocenters. The Hall–Kier alpha value is -1.34. The van der Waals surface area contributed by atoms with Crippen LogP contribution < -0.4 is 9.62 Å². The largest absolute Gasteiger partial charge is 0.370 e. The standard InChI is InChI=1S/C10H18N4O2S/c1-5-11-10-7-6-9(8-12-10)14(4)17(15,16)13(2)3/h6-8H,5H2,1-4H3,(H,11,12). The summed E-state index contributed by atoms with van der Waals surface area (Å²) in [5, 5.41) is 3.05. The summed E-state index contributed by atoms with van der Waals surface area (Å²) in [4.78, 5) is 4.13. The van der Waals surface area contributed by atoms with Gasteiger partial charge in [-0.3, -0.25) is 4.31 Å². The van der Waals surface area contributed by atoms with Gasteiger partial charge in [0.2, 0.25) is 0 Å². The maximum atomic E-state index is 11.8. The number of nitrogens with zero attached hydrogens (tertiary/aromatic N) is 3. The molecule has 0 unspecified atom stereocenters. The fourth-order valence-electron chi connectivity index (χ4n) is 1.24. The van der Waals surface area contributed by atoms with Gasteiger partial charge < -0.3 is 5.32 Å². The molecule has 0 radical (unpaired) electrons. The van der Waals surface area contributed by atoms with Crippen molar-refractivity contribution in [3.63, 3.8) is 0 Å². The highest BCUT2D eigenvalue weighted by Gasteiger charge is 2.20. The molecule has 0 saturated carbocycles. The molecule has 0 saturated heterocycles. The lowest BCUT2D eigenvalue weighted by atomic mass is 10.4. The first-order valence-electron chi connectivity index (χ1n) is 5.26. The van der Waals surface area contributed by atoms with E-state index in [9.17, 15) is 8.42 Å². The van der Waals surface area contributed by atoms with Crippen LogP contribution in [0.3, 0.4) is 0 Å². The summed E-state index contributed by atoms with van der Waals surface area (Å²) in [6.45, 7) is 2.75. The molecule has 17 heavy (non-hydrogen) atoms. The lowest BCUT2D eigenvalue weighted by Crippen LogP contribution is -2.37. The number of rotatable bonds is 5. The highest BCUT2D eigenvalue weighted by molar-refractivity contribution is 7.90. The van der Waals surface area contributed by atoms with E-state index in [1.165, 1.54) is 31.6 Å². The summed E-state index contributed by atoms with van der Waals surface area (Å²) >= 11 is 0. The monoisotopic (exact) mass is 258 g/mol. The number of hydrogen-bond donors (Lipinski definition) is 1. The fraction of sp³-hybridized carbons (Fsp3) is 0.500. The van der Waals surface area contributed by atoms with Crippen LogP contribution in [0.4, 0.5) is 11.5 Å². The van der Waals surface area contributed by atoms with E-state index < -0.39 is 10.2 Å². The molecule has 6 nitrogen and oxygen atoms in total. The molecule has 96 valence electrons. The average Bonchev–Trinajstić information content (AvgIpc) is 2.29. The van der Waals surface area contributed by atoms with Crippen molar-refractivity contribution >= 4 is 21.7 Å². The van der Waals surface area contributed by atoms with Gasteiger partial charge in [0.05, 0.1) is 11.9 Å². The average molecular weight is 258 g/mol. The van der Waals surface area contributed by atoms with Crippen molar-refractivity contribution in [3.8, 4) is 0 Å². The van der Waals surface area contributed by atoms with E-state index in [0.717, 1.165) is 16.7 Å². The van der Waals surface area contributed by atoms with Crippen molar-refractivity contribution in [3.05, 3.63) is 18.3 Å². The van der Waals surface area contributed by atoms with Crippen LogP contribution in [0.5, 0.6) is 0 Å². The number of pyridine rings is 1. The molecule has 0 bridgehead atoms. The molecule has 7 heteroatoms. The van der Waals surface area contributed by atoms with Crippen LogP contribution in [-0.2, 0) is 10.2 Å². The van der Waals surface area contributed by atoms with E-state index in [0.29, 0.717) is 5.69 Å². The molecular weight excluding hydrogens is 240 g/mol. The summed E-state index contributed by atoms with van der Waals surface area (Å²) in [6, 6.07) is 3.46. The predicted molar refractivity (Wildman–Crippen MR) is 69.4 cm³/mol. The van der Waals surface area contributed by atoms with Crippen LogP contribution in [0.2, 0.25) is 0 Å². The second-order valence-corrected chi connectivity index (χ2v) is 5.86. The van der Waals surface area contributed by atoms with Crippen LogP contribution in [-0.4, -0.2) is 45.4 Å². The van der Waals surface area contributed by atoms with Crippen molar-refractivity contribution in [2.75, 3.05) is 37.3 Å². The van der Waals surface area contributed by atoms with Gasteiger partial charge in [-0.15, -0.1) is 0 Å². The van der Waals surface area contributed by atoms with E-state index in [2.05, 4.69) is 10.3 Å². The van der Waals surface area contributed by atoms with Gasteiger partial charge in [0, 0.05) is 27.7 Å². The molecule has 1 heterocycles. The first-order chi connectivity index (χ1) is 7.89. The molecule has 1 aromatic rings. The zero-order valence-corrected chi connectivity index (χ0v) is 11.3. The van der Waals surface area contributed by atoms with Crippen molar-refractivity contribution < 1.29 is 8.42 Å². The van der Waals surface area contributed by atoms with E-state index in [4.69, 9.17) is 0 Å². The minimum absolute atomic E-state index is 0.528. The van der Waals surface area contributed by atoms with Crippen molar-refractivity contribution in [2.45, 2.75) is 6.92 Å². The first-order valence-corrected chi connectivity index (χ1v) is 6.65. The van der Waals surface area contributed by atoms with Crippen molar-refractivity contribution in [2.24, 2.45) is 0 Å². The molecule has 1 aromatic heterocycles. The Kier molecular flexibility index (Phi) is 4.30. The Balaban J connectivity index is 2.94. The van der Waals surface area contributed by atoms with Gasteiger partial charge in [-0.05, 0) is 19.1 Å². The van der Waals surface area contributed by atoms with Gasteiger partial charge in [0.15, 0.2) is 0 Å². The van der Waals surface area contributed by atoms with Gasteiger partial charge in [0.25, 0.3) is 0 Å². The third-order valence-corrected chi connectivity index (χ3v) is 4.10. The summed E-state index contributed by atoms with van der Waals surface area (Å²) in [5.74, 6) is 0.729. The van der Waals surface area contributed by atoms with E-state index in [-0.39, 0.29) is 0 Å². The van der Waals surface area contributed by atoms with E-state index >= 15 is 0 Å². The van der Waals surface area contributed by atoms with E-state index in [1.54, 1.807) is 12.1 Å². The lowest BCUT2D eigenvalue weighted by Gasteiger charge is -2.22. The molecule has 0 amide bonds. The van der Waals surface area contributed by atoms with Crippen molar-refractivity contribution in [1.29, 1.82) is 0 Å². The topological polar surface area (TPSA) is 65.5 Å². The number of anilines is 2. The maximum Gasteiger partial charge on any atom is 0.303 e. The number of nitrogens with one attached hydrogen (secondary N) is 1. The minimum atomic E-state index is -3.45. The molecule has 1 N–H and O–H groups in total. The third kappa shape index (κ3) is 3.07. The van der Waals surface area contributed by atoms with Crippen LogP contribution >= 0.6 is 0 Å². The second-order valence-electron chi connectivity index (χ2n) is 3.69. The van der Waals surface area contributed by atoms with Crippen molar-refractivity contribution in [1.82, 2.24) is 9.29 Å². The van der Waals surface area contributed by atoms with Gasteiger partial charge in [0.1, 0.15) is 5.82 Å². The Labute approximate surface area is 102 Å². The second kappa shape index (κ2) is 5.33. The van der Waals surface area contributed by atoms with Crippen LogP contribution in [0.15, 0.2) is 18.3 Å². The zero-order chi connectivity index (χ0) is 13.1. The third-order valence-electron chi connectivity index (χ3n) is 2.28. The Morgan fingerprint density at radius 3 is 2.35 bits per heavy atom. The Bertz CT molecular complexity index is 456. The molecule has 0 spiro atoms. The highest BCUT2D eigenvalue weighted by atomic mass is 32.2. The smallest absolute Gasteiger partial charge is 0.303 e. The highest BCUT2D eigenvalue weighted by Crippen LogP contribution is 2.17. The molecule has 0 aliphatic heterocycles. The molecule has 1 rings (SSSR count). The normalized spacial score (nSPS) is 11.6. The zero-order valence-electron chi connectivity index (χ0n) is 10.5. The molecule has 0 aliphatic rings. The van der Waals surface area contributed by atoms with Gasteiger partial charge >= 0.3 is 10.2 Å². The van der Waals surface area contributed by atoms with E-state index in [1.807, 2.05) is 6.92 Å². The quantitative estimate of drug-likeness (QED) is 0.846. The molecule has 0 aromatic carbocycles. The Morgan fingerprint density at radius 1 is 1.29 bits per heavy atom. The summed E-state index contributed by atoms with van der Waals surface area (Å²) in [7, 11) is 1.04. The van der Waals surface area contributed by atoms with Gasteiger partial charge in [-0.1, -0.05) is 0 Å². The SMILES string of the molecule is CCNc1ccc(N(C)S(=O)(=O)N(C)C)cn1. The predicted octanol–water partition coefficient (Wildman–Crippen LogP) is 0.756. The Morgan fingerprint density at radius 2 is 1.94 bits per heavy atom. The molecule has 0 aliphatic carbocycles. The summed E-state index contributed by atoms with van der Waals surface area (Å²) in [6.07, 6.45) is 1.53. The number of aromatic nitrogens is 1.